The van der Waals surface area contributed by atoms with Crippen molar-refractivity contribution in [1.29, 1.82) is 0 Å². The first-order chi connectivity index (χ1) is 12.5. The minimum Gasteiger partial charge on any atom is -0.352 e. The van der Waals surface area contributed by atoms with Gasteiger partial charge < -0.3 is 9.84 Å². The SMILES string of the molecule is O=S(=O)(Cc1ccccc1Cl)n1ccc(Nc2noc3cccnc23)c1. The van der Waals surface area contributed by atoms with Crippen LogP contribution in [-0.4, -0.2) is 22.5 Å². The van der Waals surface area contributed by atoms with Gasteiger partial charge in [0.05, 0.1) is 11.4 Å². The Balaban J connectivity index is 1.58. The number of nitrogens with zero attached hydrogens (tertiary/aromatic N) is 3. The highest BCUT2D eigenvalue weighted by Crippen LogP contribution is 2.25. The molecule has 0 spiro atoms. The highest BCUT2D eigenvalue weighted by Gasteiger charge is 2.17. The third-order valence-electron chi connectivity index (χ3n) is 3.78. The second-order valence-electron chi connectivity index (χ2n) is 5.58. The van der Waals surface area contributed by atoms with Crippen LogP contribution in [0, 0.1) is 0 Å². The second kappa shape index (κ2) is 6.47. The van der Waals surface area contributed by atoms with Crippen molar-refractivity contribution in [3.8, 4) is 0 Å². The van der Waals surface area contributed by atoms with Crippen LogP contribution in [0.1, 0.15) is 5.56 Å². The lowest BCUT2D eigenvalue weighted by atomic mass is 10.2. The number of aromatic nitrogens is 3. The second-order valence-corrected chi connectivity index (χ2v) is 7.87. The molecule has 26 heavy (non-hydrogen) atoms. The molecule has 3 aromatic heterocycles. The third kappa shape index (κ3) is 3.16. The Morgan fingerprint density at radius 3 is 2.85 bits per heavy atom. The molecule has 0 amide bonds. The van der Waals surface area contributed by atoms with Crippen molar-refractivity contribution < 1.29 is 12.9 Å². The van der Waals surface area contributed by atoms with Crippen molar-refractivity contribution in [1.82, 2.24) is 14.1 Å². The van der Waals surface area contributed by atoms with Crippen LogP contribution in [0.2, 0.25) is 5.02 Å². The fourth-order valence-electron chi connectivity index (χ4n) is 2.51. The zero-order valence-electron chi connectivity index (χ0n) is 13.3. The molecule has 4 aromatic rings. The lowest BCUT2D eigenvalue weighted by molar-refractivity contribution is 0.460. The Hall–Kier alpha value is -2.84. The topological polar surface area (TPSA) is 90.0 Å². The van der Waals surface area contributed by atoms with E-state index >= 15 is 0 Å². The molecular formula is C17H13ClN4O3S. The van der Waals surface area contributed by atoms with E-state index in [4.69, 9.17) is 16.1 Å². The van der Waals surface area contributed by atoms with Crippen LogP contribution < -0.4 is 5.32 Å². The van der Waals surface area contributed by atoms with Crippen LogP contribution in [0.3, 0.4) is 0 Å². The van der Waals surface area contributed by atoms with E-state index in [0.29, 0.717) is 33.2 Å². The summed E-state index contributed by atoms with van der Waals surface area (Å²) < 4.78 is 31.5. The molecule has 0 aliphatic heterocycles. The van der Waals surface area contributed by atoms with E-state index < -0.39 is 10.0 Å². The van der Waals surface area contributed by atoms with E-state index in [1.807, 2.05) is 0 Å². The highest BCUT2D eigenvalue weighted by atomic mass is 35.5. The van der Waals surface area contributed by atoms with Gasteiger partial charge in [0, 0.05) is 23.6 Å². The lowest BCUT2D eigenvalue weighted by Gasteiger charge is -2.07. The van der Waals surface area contributed by atoms with Gasteiger partial charge in [0.2, 0.25) is 15.8 Å². The Bertz CT molecular complexity index is 1180. The summed E-state index contributed by atoms with van der Waals surface area (Å²) in [6, 6.07) is 12.0. The molecule has 1 N–H and O–H groups in total. The number of hydrogen-bond acceptors (Lipinski definition) is 6. The zero-order chi connectivity index (χ0) is 18.1. The molecule has 0 atom stereocenters. The standard InChI is InChI=1S/C17H13ClN4O3S/c18-14-5-2-1-4-12(14)11-26(23,24)22-9-7-13(10-22)20-17-16-15(25-21-17)6-3-8-19-16/h1-10H,11H2,(H,20,21). The van der Waals surface area contributed by atoms with Crippen LogP contribution in [0.15, 0.2) is 65.6 Å². The molecule has 0 unspecified atom stereocenters. The number of pyridine rings is 1. The van der Waals surface area contributed by atoms with Crippen molar-refractivity contribution in [3.05, 3.63) is 71.6 Å². The van der Waals surface area contributed by atoms with E-state index in [-0.39, 0.29) is 5.75 Å². The van der Waals surface area contributed by atoms with Crippen molar-refractivity contribution in [2.24, 2.45) is 0 Å². The Kier molecular flexibility index (Phi) is 4.14. The number of halogens is 1. The average Bonchev–Trinajstić information content (AvgIpc) is 3.25. The fraction of sp³-hybridized carbons (Fsp3) is 0.0588. The molecule has 9 heteroatoms. The first kappa shape index (κ1) is 16.6. The first-order valence-corrected chi connectivity index (χ1v) is 9.64. The minimum atomic E-state index is -3.60. The summed E-state index contributed by atoms with van der Waals surface area (Å²) >= 11 is 6.06. The van der Waals surface area contributed by atoms with Crippen LogP contribution in [-0.2, 0) is 15.8 Å². The number of anilines is 2. The monoisotopic (exact) mass is 388 g/mol. The molecule has 0 aliphatic rings. The molecule has 0 saturated carbocycles. The summed E-state index contributed by atoms with van der Waals surface area (Å²) in [7, 11) is -3.60. The molecule has 7 nitrogen and oxygen atoms in total. The van der Waals surface area contributed by atoms with Crippen LogP contribution in [0.25, 0.3) is 11.1 Å². The maximum absolute atomic E-state index is 12.6. The van der Waals surface area contributed by atoms with Crippen molar-refractivity contribution >= 4 is 44.2 Å². The zero-order valence-corrected chi connectivity index (χ0v) is 14.9. The highest BCUT2D eigenvalue weighted by molar-refractivity contribution is 7.89. The predicted molar refractivity (Wildman–Crippen MR) is 99.0 cm³/mol. The van der Waals surface area contributed by atoms with Gasteiger partial charge in [-0.25, -0.2) is 13.4 Å². The Morgan fingerprint density at radius 2 is 2.00 bits per heavy atom. The maximum Gasteiger partial charge on any atom is 0.242 e. The third-order valence-corrected chi connectivity index (χ3v) is 5.69. The minimum absolute atomic E-state index is 0.199. The first-order valence-electron chi connectivity index (χ1n) is 7.65. The van der Waals surface area contributed by atoms with Crippen LogP contribution in [0.5, 0.6) is 0 Å². The number of fused-ring (bicyclic) bond motifs is 1. The van der Waals surface area contributed by atoms with Gasteiger partial charge in [-0.05, 0) is 29.8 Å². The molecule has 132 valence electrons. The molecule has 0 saturated heterocycles. The Morgan fingerprint density at radius 1 is 1.15 bits per heavy atom. The van der Waals surface area contributed by atoms with E-state index in [2.05, 4.69) is 15.5 Å². The van der Waals surface area contributed by atoms with Crippen molar-refractivity contribution in [3.63, 3.8) is 0 Å². The number of nitrogens with one attached hydrogen (secondary N) is 1. The summed E-state index contributed by atoms with van der Waals surface area (Å²) in [6.07, 6.45) is 4.56. The molecule has 4 rings (SSSR count). The van der Waals surface area contributed by atoms with Gasteiger partial charge in [-0.1, -0.05) is 35.0 Å². The largest absolute Gasteiger partial charge is 0.352 e. The smallest absolute Gasteiger partial charge is 0.242 e. The van der Waals surface area contributed by atoms with Gasteiger partial charge in [0.1, 0.15) is 0 Å². The summed E-state index contributed by atoms with van der Waals surface area (Å²) in [5.41, 5.74) is 2.21. The van der Waals surface area contributed by atoms with Gasteiger partial charge >= 0.3 is 0 Å². The molecule has 3 heterocycles. The summed E-state index contributed by atoms with van der Waals surface area (Å²) in [5, 5.41) is 7.35. The normalized spacial score (nSPS) is 11.7. The van der Waals surface area contributed by atoms with E-state index in [9.17, 15) is 8.42 Å². The van der Waals surface area contributed by atoms with Gasteiger partial charge in [-0.2, -0.15) is 0 Å². The van der Waals surface area contributed by atoms with Gasteiger partial charge in [0.25, 0.3) is 0 Å². The quantitative estimate of drug-likeness (QED) is 0.559. The summed E-state index contributed by atoms with van der Waals surface area (Å²) in [6.45, 7) is 0. The Labute approximate surface area is 154 Å². The van der Waals surface area contributed by atoms with Gasteiger partial charge in [-0.15, -0.1) is 0 Å². The van der Waals surface area contributed by atoms with Crippen LogP contribution >= 0.6 is 11.6 Å². The fourth-order valence-corrected chi connectivity index (χ4v) is 4.11. The van der Waals surface area contributed by atoms with Crippen LogP contribution in [0.4, 0.5) is 11.5 Å². The molecule has 0 aliphatic carbocycles. The number of benzene rings is 1. The lowest BCUT2D eigenvalue weighted by Crippen LogP contribution is -2.13. The van der Waals surface area contributed by atoms with E-state index in [1.165, 1.54) is 12.4 Å². The average molecular weight is 389 g/mol. The van der Waals surface area contributed by atoms with Gasteiger partial charge in [-0.3, -0.25) is 3.97 Å². The maximum atomic E-state index is 12.6. The molecule has 0 fully saturated rings. The number of rotatable bonds is 5. The van der Waals surface area contributed by atoms with Gasteiger partial charge in [0.15, 0.2) is 11.1 Å². The van der Waals surface area contributed by atoms with Crippen molar-refractivity contribution in [2.45, 2.75) is 5.75 Å². The number of hydrogen-bond donors (Lipinski definition) is 1. The predicted octanol–water partition coefficient (Wildman–Crippen LogP) is 3.80. The summed E-state index contributed by atoms with van der Waals surface area (Å²) in [5.74, 6) is 0.219. The molecule has 0 radical (unpaired) electrons. The molecule has 0 bridgehead atoms. The molecular weight excluding hydrogens is 376 g/mol. The summed E-state index contributed by atoms with van der Waals surface area (Å²) in [4.78, 5) is 4.20. The van der Waals surface area contributed by atoms with E-state index in [1.54, 1.807) is 48.7 Å². The molecule has 1 aromatic carbocycles. The van der Waals surface area contributed by atoms with E-state index in [0.717, 1.165) is 3.97 Å². The van der Waals surface area contributed by atoms with Crippen molar-refractivity contribution in [2.75, 3.05) is 5.32 Å².